The number of halogens is 1. The highest BCUT2D eigenvalue weighted by Crippen LogP contribution is 2.22. The number of nitrogens with zero attached hydrogens (tertiary/aromatic N) is 1. The summed E-state index contributed by atoms with van der Waals surface area (Å²) in [6, 6.07) is 4.35. The van der Waals surface area contributed by atoms with Crippen molar-refractivity contribution in [3.63, 3.8) is 0 Å². The van der Waals surface area contributed by atoms with Gasteiger partial charge in [0, 0.05) is 18.5 Å². The summed E-state index contributed by atoms with van der Waals surface area (Å²) in [7, 11) is 0. The van der Waals surface area contributed by atoms with Crippen LogP contribution in [0.5, 0.6) is 0 Å². The van der Waals surface area contributed by atoms with Gasteiger partial charge in [-0.1, -0.05) is 0 Å². The molecule has 0 aliphatic rings. The van der Waals surface area contributed by atoms with Crippen molar-refractivity contribution in [1.29, 1.82) is 0 Å². The molecule has 1 heterocycles. The minimum atomic E-state index is -1.30. The Hall–Kier alpha value is -0.920. The highest BCUT2D eigenvalue weighted by atomic mass is 19.1. The van der Waals surface area contributed by atoms with Crippen molar-refractivity contribution in [1.82, 2.24) is 4.98 Å². The molecule has 0 N–H and O–H groups in total. The van der Waals surface area contributed by atoms with Gasteiger partial charge in [0.1, 0.15) is 5.67 Å². The van der Waals surface area contributed by atoms with Gasteiger partial charge >= 0.3 is 0 Å². The number of aromatic nitrogens is 1. The summed E-state index contributed by atoms with van der Waals surface area (Å²) in [5, 5.41) is 0. The number of rotatable bonds is 1. The Kier molecular flexibility index (Phi) is 1.70. The Bertz CT molecular complexity index is 200. The minimum absolute atomic E-state index is 0.544. The Morgan fingerprint density at radius 1 is 1.60 bits per heavy atom. The zero-order valence-corrected chi connectivity index (χ0v) is 6.06. The Balaban J connectivity index is 2.97. The maximum Gasteiger partial charge on any atom is 0.131 e. The van der Waals surface area contributed by atoms with Gasteiger partial charge in [0.25, 0.3) is 0 Å². The molecular formula is C8H9FN. The third-order valence-corrected chi connectivity index (χ3v) is 1.26. The van der Waals surface area contributed by atoms with Crippen LogP contribution in [0.2, 0.25) is 0 Å². The van der Waals surface area contributed by atoms with Crippen molar-refractivity contribution in [2.75, 3.05) is 0 Å². The summed E-state index contributed by atoms with van der Waals surface area (Å²) in [6.45, 7) is 3.00. The second kappa shape index (κ2) is 2.37. The molecule has 0 bridgehead atoms. The molecule has 0 spiro atoms. The van der Waals surface area contributed by atoms with Crippen LogP contribution in [-0.4, -0.2) is 4.98 Å². The molecule has 0 aromatic carbocycles. The van der Waals surface area contributed by atoms with Crippen molar-refractivity contribution in [2.24, 2.45) is 0 Å². The lowest BCUT2D eigenvalue weighted by Gasteiger charge is -2.12. The molecule has 1 aromatic heterocycles. The van der Waals surface area contributed by atoms with Crippen molar-refractivity contribution in [3.8, 4) is 0 Å². The van der Waals surface area contributed by atoms with Crippen LogP contribution in [0.3, 0.4) is 0 Å². The highest BCUT2D eigenvalue weighted by molar-refractivity contribution is 5.15. The fourth-order valence-electron chi connectivity index (χ4n) is 0.685. The zero-order valence-electron chi connectivity index (χ0n) is 6.06. The van der Waals surface area contributed by atoms with Gasteiger partial charge in [-0.15, -0.1) is 0 Å². The van der Waals surface area contributed by atoms with Gasteiger partial charge in [-0.2, -0.15) is 0 Å². The monoisotopic (exact) mass is 138 g/mol. The number of hydrogen-bond donors (Lipinski definition) is 0. The number of alkyl halides is 1. The number of hydrogen-bond acceptors (Lipinski definition) is 1. The van der Waals surface area contributed by atoms with E-state index in [2.05, 4.69) is 11.1 Å². The molecule has 0 aliphatic carbocycles. The second-order valence-corrected chi connectivity index (χ2v) is 2.62. The predicted molar refractivity (Wildman–Crippen MR) is 37.2 cm³/mol. The standard InChI is InChI=1S/C8H9FN/c1-8(2,9)7-3-5-10-6-4-7/h3,5-6H,1-2H3. The van der Waals surface area contributed by atoms with Crippen LogP contribution in [0.1, 0.15) is 19.4 Å². The third kappa shape index (κ3) is 1.53. The molecule has 2 heteroatoms. The fraction of sp³-hybridized carbons (Fsp3) is 0.375. The lowest BCUT2D eigenvalue weighted by Crippen LogP contribution is -2.08. The molecule has 1 nitrogen and oxygen atoms in total. The summed E-state index contributed by atoms with van der Waals surface area (Å²) in [6.07, 6.45) is 3.03. The van der Waals surface area contributed by atoms with E-state index in [-0.39, 0.29) is 0 Å². The van der Waals surface area contributed by atoms with Crippen LogP contribution in [0, 0.1) is 6.07 Å². The van der Waals surface area contributed by atoms with E-state index in [0.29, 0.717) is 5.56 Å². The summed E-state index contributed by atoms with van der Waals surface area (Å²) in [4.78, 5) is 3.74. The molecule has 0 fully saturated rings. The molecule has 10 heavy (non-hydrogen) atoms. The van der Waals surface area contributed by atoms with E-state index in [1.807, 2.05) is 0 Å². The maximum atomic E-state index is 13.1. The topological polar surface area (TPSA) is 12.9 Å². The molecule has 0 saturated carbocycles. The van der Waals surface area contributed by atoms with Gasteiger partial charge in [-0.3, -0.25) is 4.98 Å². The molecule has 0 unspecified atom stereocenters. The van der Waals surface area contributed by atoms with E-state index in [9.17, 15) is 4.39 Å². The predicted octanol–water partition coefficient (Wildman–Crippen LogP) is 2.09. The molecule has 0 saturated heterocycles. The first kappa shape index (κ1) is 7.19. The largest absolute Gasteiger partial charge is 0.264 e. The first-order valence-corrected chi connectivity index (χ1v) is 3.12. The molecule has 0 atom stereocenters. The van der Waals surface area contributed by atoms with E-state index < -0.39 is 5.67 Å². The van der Waals surface area contributed by atoms with Crippen LogP contribution in [0.15, 0.2) is 18.5 Å². The molecule has 0 amide bonds. The summed E-state index contributed by atoms with van der Waals surface area (Å²) < 4.78 is 13.1. The second-order valence-electron chi connectivity index (χ2n) is 2.62. The van der Waals surface area contributed by atoms with Gasteiger partial charge in [0.2, 0.25) is 0 Å². The lowest BCUT2D eigenvalue weighted by molar-refractivity contribution is 0.221. The molecule has 1 radical (unpaired) electrons. The van der Waals surface area contributed by atoms with Gasteiger partial charge < -0.3 is 0 Å². The Labute approximate surface area is 59.9 Å². The average molecular weight is 138 g/mol. The molecule has 1 aromatic rings. The van der Waals surface area contributed by atoms with Crippen LogP contribution >= 0.6 is 0 Å². The van der Waals surface area contributed by atoms with E-state index in [1.54, 1.807) is 12.3 Å². The van der Waals surface area contributed by atoms with Gasteiger partial charge in [0.05, 0.1) is 0 Å². The van der Waals surface area contributed by atoms with E-state index in [0.717, 1.165) is 0 Å². The Morgan fingerprint density at radius 2 is 2.30 bits per heavy atom. The van der Waals surface area contributed by atoms with Crippen LogP contribution in [0.4, 0.5) is 4.39 Å². The van der Waals surface area contributed by atoms with Gasteiger partial charge in [-0.05, 0) is 25.5 Å². The Morgan fingerprint density at radius 3 is 2.60 bits per heavy atom. The van der Waals surface area contributed by atoms with Crippen molar-refractivity contribution >= 4 is 0 Å². The zero-order chi connectivity index (χ0) is 7.61. The SMILES string of the molecule is CC(C)(F)c1[c]cncc1. The fourth-order valence-corrected chi connectivity index (χ4v) is 0.685. The maximum absolute atomic E-state index is 13.1. The highest BCUT2D eigenvalue weighted by Gasteiger charge is 2.17. The first-order valence-electron chi connectivity index (χ1n) is 3.12. The quantitative estimate of drug-likeness (QED) is 0.579. The summed E-state index contributed by atoms with van der Waals surface area (Å²) in [5.41, 5.74) is -0.759. The number of pyridine rings is 1. The minimum Gasteiger partial charge on any atom is -0.264 e. The first-order chi connectivity index (χ1) is 4.61. The normalized spacial score (nSPS) is 11.5. The van der Waals surface area contributed by atoms with Crippen LogP contribution in [-0.2, 0) is 5.67 Å². The van der Waals surface area contributed by atoms with Gasteiger partial charge in [0.15, 0.2) is 0 Å². The lowest BCUT2D eigenvalue weighted by atomic mass is 10.0. The summed E-state index contributed by atoms with van der Waals surface area (Å²) >= 11 is 0. The van der Waals surface area contributed by atoms with Crippen molar-refractivity contribution in [3.05, 3.63) is 30.1 Å². The van der Waals surface area contributed by atoms with Crippen molar-refractivity contribution < 1.29 is 4.39 Å². The van der Waals surface area contributed by atoms with E-state index >= 15 is 0 Å². The third-order valence-electron chi connectivity index (χ3n) is 1.26. The molecule has 0 aliphatic heterocycles. The van der Waals surface area contributed by atoms with Crippen LogP contribution in [0.25, 0.3) is 0 Å². The van der Waals surface area contributed by atoms with E-state index in [1.165, 1.54) is 20.0 Å². The molecule has 1 rings (SSSR count). The summed E-state index contributed by atoms with van der Waals surface area (Å²) in [5.74, 6) is 0. The van der Waals surface area contributed by atoms with Gasteiger partial charge in [-0.25, -0.2) is 4.39 Å². The van der Waals surface area contributed by atoms with Crippen molar-refractivity contribution in [2.45, 2.75) is 19.5 Å². The van der Waals surface area contributed by atoms with Crippen LogP contribution < -0.4 is 0 Å². The smallest absolute Gasteiger partial charge is 0.131 e. The molecular weight excluding hydrogens is 129 g/mol. The van der Waals surface area contributed by atoms with E-state index in [4.69, 9.17) is 0 Å². The average Bonchev–Trinajstić information content (AvgIpc) is 1.88. The molecule has 53 valence electrons.